The number of aromatic amines is 1. The van der Waals surface area contributed by atoms with Gasteiger partial charge in [0.05, 0.1) is 48.2 Å². The first-order chi connectivity index (χ1) is 10.5. The van der Waals surface area contributed by atoms with Gasteiger partial charge in [0.15, 0.2) is 0 Å². The Morgan fingerprint density at radius 3 is 2.82 bits per heavy atom. The summed E-state index contributed by atoms with van der Waals surface area (Å²) in [6.45, 7) is 2.44. The molecule has 2 heterocycles. The molecule has 0 aliphatic heterocycles. The number of nitrogens with one attached hydrogen (secondary N) is 1. The lowest BCUT2D eigenvalue weighted by atomic mass is 10.2. The molecule has 2 aromatic heterocycles. The molecular weight excluding hydrogens is 294 g/mol. The van der Waals surface area contributed by atoms with Crippen molar-refractivity contribution in [2.45, 2.75) is 39.1 Å². The molecule has 0 bridgehead atoms. The summed E-state index contributed by atoms with van der Waals surface area (Å²) < 4.78 is 37.9. The van der Waals surface area contributed by atoms with E-state index < -0.39 is 6.43 Å². The lowest BCUT2D eigenvalue weighted by Crippen LogP contribution is -2.13. The predicted molar refractivity (Wildman–Crippen MR) is 75.4 cm³/mol. The van der Waals surface area contributed by atoms with Gasteiger partial charge in [-0.25, -0.2) is 8.78 Å². The summed E-state index contributed by atoms with van der Waals surface area (Å²) in [5, 5.41) is 10.5. The van der Waals surface area contributed by atoms with Crippen LogP contribution in [0.1, 0.15) is 36.0 Å². The molecule has 22 heavy (non-hydrogen) atoms. The molecule has 0 spiro atoms. The largest absolute Gasteiger partial charge is 0.378 e. The monoisotopic (exact) mass is 314 g/mol. The Morgan fingerprint density at radius 1 is 1.36 bits per heavy atom. The predicted octanol–water partition coefficient (Wildman–Crippen LogP) is 2.38. The van der Waals surface area contributed by atoms with E-state index in [1.807, 2.05) is 20.0 Å². The highest BCUT2D eigenvalue weighted by atomic mass is 19.3. The van der Waals surface area contributed by atoms with Gasteiger partial charge in [-0.05, 0) is 13.0 Å². The van der Waals surface area contributed by atoms with Crippen molar-refractivity contribution in [3.05, 3.63) is 34.9 Å². The SMILES string of the molecule is COCc1cc(CC(C)OCc2[nH]ncc2C(F)F)nn1C. The van der Waals surface area contributed by atoms with Crippen LogP contribution in [0.2, 0.25) is 0 Å². The average molecular weight is 314 g/mol. The molecule has 2 aromatic rings. The summed E-state index contributed by atoms with van der Waals surface area (Å²) in [6, 6.07) is 1.95. The standard InChI is InChI=1S/C14H20F2N4O2/c1-9(4-10-5-11(7-21-3)20(2)19-10)22-8-13-12(14(15)16)6-17-18-13/h5-6,9,14H,4,7-8H2,1-3H3,(H,17,18). The van der Waals surface area contributed by atoms with Crippen LogP contribution in [-0.2, 0) is 36.2 Å². The molecule has 1 atom stereocenters. The minimum absolute atomic E-state index is 0.0681. The summed E-state index contributed by atoms with van der Waals surface area (Å²) in [4.78, 5) is 0. The lowest BCUT2D eigenvalue weighted by molar-refractivity contribution is 0.0480. The van der Waals surface area contributed by atoms with Gasteiger partial charge in [-0.2, -0.15) is 10.2 Å². The number of nitrogens with zero attached hydrogens (tertiary/aromatic N) is 3. The van der Waals surface area contributed by atoms with Gasteiger partial charge in [-0.3, -0.25) is 9.78 Å². The van der Waals surface area contributed by atoms with Crippen molar-refractivity contribution in [3.63, 3.8) is 0 Å². The fourth-order valence-electron chi connectivity index (χ4n) is 2.16. The van der Waals surface area contributed by atoms with Crippen molar-refractivity contribution in [3.8, 4) is 0 Å². The highest BCUT2D eigenvalue weighted by molar-refractivity contribution is 5.16. The van der Waals surface area contributed by atoms with E-state index >= 15 is 0 Å². The maximum absolute atomic E-state index is 12.7. The number of hydrogen-bond acceptors (Lipinski definition) is 4. The molecule has 0 aliphatic carbocycles. The van der Waals surface area contributed by atoms with Crippen molar-refractivity contribution < 1.29 is 18.3 Å². The second kappa shape index (κ2) is 7.46. The van der Waals surface area contributed by atoms with Crippen molar-refractivity contribution in [1.29, 1.82) is 0 Å². The lowest BCUT2D eigenvalue weighted by Gasteiger charge is -2.11. The maximum Gasteiger partial charge on any atom is 0.267 e. The van der Waals surface area contributed by atoms with Crippen LogP contribution in [0.3, 0.4) is 0 Å². The van der Waals surface area contributed by atoms with E-state index in [1.54, 1.807) is 11.8 Å². The van der Waals surface area contributed by atoms with E-state index in [0.29, 0.717) is 18.7 Å². The van der Waals surface area contributed by atoms with E-state index in [-0.39, 0.29) is 18.3 Å². The minimum atomic E-state index is -2.56. The van der Waals surface area contributed by atoms with E-state index in [2.05, 4.69) is 15.3 Å². The van der Waals surface area contributed by atoms with Crippen LogP contribution in [-0.4, -0.2) is 33.2 Å². The third kappa shape index (κ3) is 4.11. The molecule has 1 unspecified atom stereocenters. The number of ether oxygens (including phenoxy) is 2. The molecule has 1 N–H and O–H groups in total. The van der Waals surface area contributed by atoms with Crippen LogP contribution in [0.25, 0.3) is 0 Å². The fourth-order valence-corrected chi connectivity index (χ4v) is 2.16. The number of halogens is 2. The van der Waals surface area contributed by atoms with Gasteiger partial charge in [-0.1, -0.05) is 0 Å². The highest BCUT2D eigenvalue weighted by Crippen LogP contribution is 2.21. The highest BCUT2D eigenvalue weighted by Gasteiger charge is 2.16. The third-order valence-corrected chi connectivity index (χ3v) is 3.32. The first-order valence-corrected chi connectivity index (χ1v) is 6.93. The van der Waals surface area contributed by atoms with Crippen LogP contribution < -0.4 is 0 Å². The molecule has 0 radical (unpaired) electrons. The normalized spacial score (nSPS) is 13.0. The number of H-pyrrole nitrogens is 1. The van der Waals surface area contributed by atoms with Crippen LogP contribution in [0.4, 0.5) is 8.78 Å². The second-order valence-electron chi connectivity index (χ2n) is 5.11. The van der Waals surface area contributed by atoms with E-state index in [1.165, 1.54) is 0 Å². The molecule has 0 saturated heterocycles. The number of aryl methyl sites for hydroxylation is 1. The molecule has 0 saturated carbocycles. The van der Waals surface area contributed by atoms with Gasteiger partial charge in [0.25, 0.3) is 6.43 Å². The van der Waals surface area contributed by atoms with Gasteiger partial charge in [0, 0.05) is 20.6 Å². The number of rotatable bonds is 8. The van der Waals surface area contributed by atoms with Gasteiger partial charge in [0.2, 0.25) is 0 Å². The van der Waals surface area contributed by atoms with Gasteiger partial charge in [0.1, 0.15) is 0 Å². The Hall–Kier alpha value is -1.80. The van der Waals surface area contributed by atoms with Crippen LogP contribution in [0.15, 0.2) is 12.3 Å². The fraction of sp³-hybridized carbons (Fsp3) is 0.571. The Kier molecular flexibility index (Phi) is 5.62. The van der Waals surface area contributed by atoms with E-state index in [9.17, 15) is 8.78 Å². The summed E-state index contributed by atoms with van der Waals surface area (Å²) in [6.07, 6.45) is -0.987. The van der Waals surface area contributed by atoms with Gasteiger partial charge in [-0.15, -0.1) is 0 Å². The summed E-state index contributed by atoms with van der Waals surface area (Å²) in [7, 11) is 3.48. The number of aromatic nitrogens is 4. The molecule has 122 valence electrons. The molecule has 0 fully saturated rings. The zero-order valence-corrected chi connectivity index (χ0v) is 12.8. The molecular formula is C14H20F2N4O2. The smallest absolute Gasteiger partial charge is 0.267 e. The Bertz CT molecular complexity index is 597. The quantitative estimate of drug-likeness (QED) is 0.812. The van der Waals surface area contributed by atoms with Gasteiger partial charge < -0.3 is 9.47 Å². The van der Waals surface area contributed by atoms with Gasteiger partial charge >= 0.3 is 0 Å². The topological polar surface area (TPSA) is 65.0 Å². The Labute approximate surface area is 127 Å². The first kappa shape index (κ1) is 16.6. The molecule has 6 nitrogen and oxygen atoms in total. The molecule has 0 aliphatic rings. The zero-order valence-electron chi connectivity index (χ0n) is 12.8. The second-order valence-corrected chi connectivity index (χ2v) is 5.11. The zero-order chi connectivity index (χ0) is 16.1. The van der Waals surface area contributed by atoms with E-state index in [0.717, 1.165) is 17.6 Å². The number of hydrogen-bond donors (Lipinski definition) is 1. The number of alkyl halides is 2. The van der Waals surface area contributed by atoms with Crippen molar-refractivity contribution in [1.82, 2.24) is 20.0 Å². The molecule has 0 amide bonds. The van der Waals surface area contributed by atoms with Crippen LogP contribution in [0.5, 0.6) is 0 Å². The summed E-state index contributed by atoms with van der Waals surface area (Å²) in [5.41, 5.74) is 2.04. The van der Waals surface area contributed by atoms with Crippen LogP contribution >= 0.6 is 0 Å². The first-order valence-electron chi connectivity index (χ1n) is 6.93. The summed E-state index contributed by atoms with van der Waals surface area (Å²) in [5.74, 6) is 0. The third-order valence-electron chi connectivity index (χ3n) is 3.32. The van der Waals surface area contributed by atoms with Crippen molar-refractivity contribution >= 4 is 0 Å². The number of methoxy groups -OCH3 is 1. The Morgan fingerprint density at radius 2 is 2.14 bits per heavy atom. The summed E-state index contributed by atoms with van der Waals surface area (Å²) >= 11 is 0. The minimum Gasteiger partial charge on any atom is -0.378 e. The van der Waals surface area contributed by atoms with Crippen molar-refractivity contribution in [2.24, 2.45) is 7.05 Å². The average Bonchev–Trinajstić information content (AvgIpc) is 3.04. The molecule has 0 aromatic carbocycles. The Balaban J connectivity index is 1.89. The molecule has 8 heteroatoms. The van der Waals surface area contributed by atoms with Crippen molar-refractivity contribution in [2.75, 3.05) is 7.11 Å². The molecule has 2 rings (SSSR count). The van der Waals surface area contributed by atoms with E-state index in [4.69, 9.17) is 9.47 Å². The van der Waals surface area contributed by atoms with Crippen LogP contribution in [0, 0.1) is 0 Å². The maximum atomic E-state index is 12.7.